The average molecular weight is 214 g/mol. The van der Waals surface area contributed by atoms with Crippen LogP contribution in [0.4, 0.5) is 0 Å². The van der Waals surface area contributed by atoms with Crippen LogP contribution >= 0.6 is 0 Å². The van der Waals surface area contributed by atoms with Gasteiger partial charge in [0.2, 0.25) is 0 Å². The Labute approximate surface area is 93.9 Å². The van der Waals surface area contributed by atoms with Crippen molar-refractivity contribution in [3.8, 4) is 0 Å². The van der Waals surface area contributed by atoms with E-state index in [2.05, 4.69) is 17.1 Å². The van der Waals surface area contributed by atoms with E-state index in [-0.39, 0.29) is 0 Å². The second kappa shape index (κ2) is 5.83. The lowest BCUT2D eigenvalue weighted by atomic mass is 10.1. The number of rotatable bonds is 8. The van der Waals surface area contributed by atoms with Gasteiger partial charge in [-0.15, -0.1) is 0 Å². The van der Waals surface area contributed by atoms with E-state index < -0.39 is 5.60 Å². The number of aliphatic hydroxyl groups is 1. The minimum absolute atomic E-state index is 0.570. The van der Waals surface area contributed by atoms with Crippen LogP contribution in [-0.2, 0) is 0 Å². The highest BCUT2D eigenvalue weighted by atomic mass is 16.3. The lowest BCUT2D eigenvalue weighted by Gasteiger charge is -2.27. The Balaban J connectivity index is 2.04. The maximum atomic E-state index is 9.72. The average Bonchev–Trinajstić information content (AvgIpc) is 2.92. The van der Waals surface area contributed by atoms with Crippen molar-refractivity contribution in [3.05, 3.63) is 0 Å². The van der Waals surface area contributed by atoms with Crippen LogP contribution in [0.3, 0.4) is 0 Å². The third kappa shape index (κ3) is 6.88. The lowest BCUT2D eigenvalue weighted by Crippen LogP contribution is -2.39. The van der Waals surface area contributed by atoms with Gasteiger partial charge in [0, 0.05) is 12.6 Å². The first kappa shape index (κ1) is 12.9. The molecule has 0 bridgehead atoms. The highest BCUT2D eigenvalue weighted by Crippen LogP contribution is 2.18. The molecule has 1 aliphatic rings. The molecule has 3 nitrogen and oxygen atoms in total. The minimum atomic E-state index is -0.570. The van der Waals surface area contributed by atoms with Gasteiger partial charge in [0.1, 0.15) is 0 Å². The van der Waals surface area contributed by atoms with Gasteiger partial charge in [-0.3, -0.25) is 0 Å². The van der Waals surface area contributed by atoms with Gasteiger partial charge in [0.05, 0.1) is 5.60 Å². The van der Waals surface area contributed by atoms with E-state index >= 15 is 0 Å². The molecule has 1 fully saturated rings. The fraction of sp³-hybridized carbons (Fsp3) is 1.00. The molecule has 0 aliphatic heterocycles. The first-order valence-electron chi connectivity index (χ1n) is 6.19. The molecule has 15 heavy (non-hydrogen) atoms. The Morgan fingerprint density at radius 3 is 2.53 bits per heavy atom. The molecule has 0 atom stereocenters. The van der Waals surface area contributed by atoms with E-state index in [9.17, 15) is 5.11 Å². The molecule has 0 unspecified atom stereocenters. The molecule has 0 aromatic heterocycles. The van der Waals surface area contributed by atoms with Gasteiger partial charge in [0.15, 0.2) is 0 Å². The molecule has 3 heteroatoms. The van der Waals surface area contributed by atoms with Crippen molar-refractivity contribution in [2.75, 3.05) is 26.2 Å². The van der Waals surface area contributed by atoms with Gasteiger partial charge in [-0.05, 0) is 52.7 Å². The van der Waals surface area contributed by atoms with E-state index in [0.29, 0.717) is 0 Å². The molecule has 0 spiro atoms. The van der Waals surface area contributed by atoms with Crippen LogP contribution in [0, 0.1) is 0 Å². The first-order valence-corrected chi connectivity index (χ1v) is 6.19. The number of hydrogen-bond donors (Lipinski definition) is 2. The van der Waals surface area contributed by atoms with E-state index in [1.807, 2.05) is 13.8 Å². The maximum Gasteiger partial charge on any atom is 0.0718 e. The molecule has 1 rings (SSSR count). The molecular weight excluding hydrogens is 188 g/mol. The first-order chi connectivity index (χ1) is 7.01. The Morgan fingerprint density at radius 1 is 1.40 bits per heavy atom. The number of likely N-dealkylation sites (N-methyl/N-ethyl adjacent to an activating group) is 1. The van der Waals surface area contributed by atoms with E-state index in [1.54, 1.807) is 0 Å². The quantitative estimate of drug-likeness (QED) is 0.596. The van der Waals surface area contributed by atoms with Gasteiger partial charge in [0.25, 0.3) is 0 Å². The monoisotopic (exact) mass is 214 g/mol. The summed E-state index contributed by atoms with van der Waals surface area (Å²) in [6.45, 7) is 9.89. The van der Waals surface area contributed by atoms with Crippen molar-refractivity contribution in [1.29, 1.82) is 0 Å². The highest BCUT2D eigenvalue weighted by Gasteiger charge is 2.20. The molecule has 0 aromatic rings. The van der Waals surface area contributed by atoms with Crippen LogP contribution < -0.4 is 5.32 Å². The fourth-order valence-corrected chi connectivity index (χ4v) is 1.79. The summed E-state index contributed by atoms with van der Waals surface area (Å²) in [6, 6.07) is 0.814. The molecule has 0 amide bonds. The number of nitrogens with one attached hydrogen (secondary N) is 1. The molecule has 1 aliphatic carbocycles. The molecule has 0 heterocycles. The van der Waals surface area contributed by atoms with Crippen molar-refractivity contribution in [1.82, 2.24) is 10.2 Å². The smallest absolute Gasteiger partial charge is 0.0718 e. The predicted molar refractivity (Wildman–Crippen MR) is 64.1 cm³/mol. The molecular formula is C12H26N2O. The summed E-state index contributed by atoms with van der Waals surface area (Å²) >= 11 is 0. The molecule has 0 saturated heterocycles. The predicted octanol–water partition coefficient (Wildman–Crippen LogP) is 1.22. The number of nitrogens with zero attached hydrogens (tertiary/aromatic N) is 1. The molecule has 2 N–H and O–H groups in total. The van der Waals surface area contributed by atoms with E-state index in [0.717, 1.165) is 32.2 Å². The molecule has 90 valence electrons. The second-order valence-corrected chi connectivity index (χ2v) is 5.26. The zero-order valence-electron chi connectivity index (χ0n) is 10.4. The Bertz CT molecular complexity index is 173. The van der Waals surface area contributed by atoms with E-state index in [1.165, 1.54) is 19.3 Å². The normalized spacial score (nSPS) is 17.4. The summed E-state index contributed by atoms with van der Waals surface area (Å²) in [4.78, 5) is 2.31. The van der Waals surface area contributed by atoms with Crippen LogP contribution in [0.15, 0.2) is 0 Å². The van der Waals surface area contributed by atoms with Gasteiger partial charge in [-0.2, -0.15) is 0 Å². The third-order valence-corrected chi connectivity index (χ3v) is 2.72. The zero-order valence-corrected chi connectivity index (χ0v) is 10.4. The molecule has 0 radical (unpaired) electrons. The maximum absolute atomic E-state index is 9.72. The van der Waals surface area contributed by atoms with Gasteiger partial charge >= 0.3 is 0 Å². The van der Waals surface area contributed by atoms with Crippen molar-refractivity contribution in [3.63, 3.8) is 0 Å². The van der Waals surface area contributed by atoms with Crippen molar-refractivity contribution in [2.24, 2.45) is 0 Å². The summed E-state index contributed by atoms with van der Waals surface area (Å²) in [7, 11) is 0. The largest absolute Gasteiger partial charge is 0.389 e. The topological polar surface area (TPSA) is 35.5 Å². The Kier molecular flexibility index (Phi) is 5.03. The van der Waals surface area contributed by atoms with Crippen LogP contribution in [0.2, 0.25) is 0 Å². The summed E-state index contributed by atoms with van der Waals surface area (Å²) in [5.74, 6) is 0. The minimum Gasteiger partial charge on any atom is -0.389 e. The van der Waals surface area contributed by atoms with Gasteiger partial charge < -0.3 is 15.3 Å². The lowest BCUT2D eigenvalue weighted by molar-refractivity contribution is 0.0375. The van der Waals surface area contributed by atoms with Crippen LogP contribution in [0.5, 0.6) is 0 Å². The van der Waals surface area contributed by atoms with Crippen molar-refractivity contribution in [2.45, 2.75) is 51.7 Å². The molecule has 1 saturated carbocycles. The van der Waals surface area contributed by atoms with Crippen molar-refractivity contribution >= 4 is 0 Å². The van der Waals surface area contributed by atoms with Gasteiger partial charge in [-0.1, -0.05) is 6.92 Å². The SMILES string of the molecule is CCN(CCCNC1CC1)CC(C)(C)O. The fourth-order valence-electron chi connectivity index (χ4n) is 1.79. The summed E-state index contributed by atoms with van der Waals surface area (Å²) < 4.78 is 0. The summed E-state index contributed by atoms with van der Waals surface area (Å²) in [5, 5.41) is 13.2. The molecule has 0 aromatic carbocycles. The zero-order chi connectivity index (χ0) is 11.3. The highest BCUT2D eigenvalue weighted by molar-refractivity contribution is 4.80. The summed E-state index contributed by atoms with van der Waals surface area (Å²) in [6.07, 6.45) is 3.91. The van der Waals surface area contributed by atoms with Crippen LogP contribution in [-0.4, -0.2) is 47.8 Å². The standard InChI is InChI=1S/C12H26N2O/c1-4-14(10-12(2,3)15)9-5-8-13-11-6-7-11/h11,13,15H,4-10H2,1-3H3. The number of hydrogen-bond acceptors (Lipinski definition) is 3. The van der Waals surface area contributed by atoms with Crippen molar-refractivity contribution < 1.29 is 5.11 Å². The van der Waals surface area contributed by atoms with Crippen LogP contribution in [0.1, 0.15) is 40.0 Å². The van der Waals surface area contributed by atoms with Crippen LogP contribution in [0.25, 0.3) is 0 Å². The Morgan fingerprint density at radius 2 is 2.07 bits per heavy atom. The van der Waals surface area contributed by atoms with E-state index in [4.69, 9.17) is 0 Å². The van der Waals surface area contributed by atoms with Gasteiger partial charge in [-0.25, -0.2) is 0 Å². The third-order valence-electron chi connectivity index (χ3n) is 2.72. The second-order valence-electron chi connectivity index (χ2n) is 5.26. The summed E-state index contributed by atoms with van der Waals surface area (Å²) in [5.41, 5.74) is -0.570. The Hall–Kier alpha value is -0.120.